The normalized spacial score (nSPS) is 10.5. The van der Waals surface area contributed by atoms with Crippen LogP contribution in [0.15, 0.2) is 29.3 Å². The third kappa shape index (κ3) is 4.64. The van der Waals surface area contributed by atoms with Crippen molar-refractivity contribution in [2.24, 2.45) is 0 Å². The van der Waals surface area contributed by atoms with Crippen molar-refractivity contribution in [3.8, 4) is 6.07 Å². The SMILES string of the molecule is CSc1nc(N)nc(N(C)CC(=O)Nc2cccc(C(C)C)c2)c1C#N. The van der Waals surface area contributed by atoms with E-state index in [2.05, 4.69) is 35.2 Å². The highest BCUT2D eigenvalue weighted by molar-refractivity contribution is 7.98. The summed E-state index contributed by atoms with van der Waals surface area (Å²) in [6, 6.07) is 9.84. The van der Waals surface area contributed by atoms with Crippen LogP contribution < -0.4 is 16.0 Å². The predicted molar refractivity (Wildman–Crippen MR) is 105 cm³/mol. The van der Waals surface area contributed by atoms with Gasteiger partial charge in [-0.05, 0) is 29.9 Å². The van der Waals surface area contributed by atoms with Gasteiger partial charge in [0, 0.05) is 12.7 Å². The van der Waals surface area contributed by atoms with Gasteiger partial charge in [-0.2, -0.15) is 10.2 Å². The predicted octanol–water partition coefficient (Wildman–Crippen LogP) is 2.85. The lowest BCUT2D eigenvalue weighted by Crippen LogP contribution is -2.31. The van der Waals surface area contributed by atoms with Crippen LogP contribution in [-0.4, -0.2) is 35.7 Å². The van der Waals surface area contributed by atoms with Crippen molar-refractivity contribution < 1.29 is 4.79 Å². The lowest BCUT2D eigenvalue weighted by molar-refractivity contribution is -0.114. The second-order valence-electron chi connectivity index (χ2n) is 6.09. The monoisotopic (exact) mass is 370 g/mol. The van der Waals surface area contributed by atoms with Crippen molar-refractivity contribution in [2.75, 3.05) is 35.8 Å². The van der Waals surface area contributed by atoms with Crippen LogP contribution in [0.4, 0.5) is 17.5 Å². The minimum Gasteiger partial charge on any atom is -0.368 e. The quantitative estimate of drug-likeness (QED) is 0.594. The number of nitriles is 1. The molecule has 2 aromatic rings. The summed E-state index contributed by atoms with van der Waals surface area (Å²) < 4.78 is 0. The van der Waals surface area contributed by atoms with Gasteiger partial charge in [-0.3, -0.25) is 4.79 Å². The van der Waals surface area contributed by atoms with E-state index in [9.17, 15) is 10.1 Å². The topological polar surface area (TPSA) is 108 Å². The van der Waals surface area contributed by atoms with Gasteiger partial charge in [0.25, 0.3) is 0 Å². The van der Waals surface area contributed by atoms with Crippen LogP contribution in [0.2, 0.25) is 0 Å². The number of hydrogen-bond donors (Lipinski definition) is 2. The number of carbonyl (C=O) groups is 1. The summed E-state index contributed by atoms with van der Waals surface area (Å²) in [5.41, 5.74) is 7.92. The Hall–Kier alpha value is -2.79. The number of amides is 1. The van der Waals surface area contributed by atoms with Crippen LogP contribution >= 0.6 is 11.8 Å². The summed E-state index contributed by atoms with van der Waals surface area (Å²) in [4.78, 5) is 22.2. The first-order chi connectivity index (χ1) is 12.3. The Morgan fingerprint density at radius 3 is 2.77 bits per heavy atom. The molecular formula is C18H22N6OS. The molecule has 8 heteroatoms. The molecule has 0 bridgehead atoms. The minimum absolute atomic E-state index is 0.0326. The number of nitrogen functional groups attached to an aromatic ring is 1. The highest BCUT2D eigenvalue weighted by Crippen LogP contribution is 2.26. The number of hydrogen-bond acceptors (Lipinski definition) is 7. The first-order valence-electron chi connectivity index (χ1n) is 8.08. The second kappa shape index (κ2) is 8.54. The summed E-state index contributed by atoms with van der Waals surface area (Å²) in [5.74, 6) is 0.581. The molecule has 2 rings (SSSR count). The third-order valence-corrected chi connectivity index (χ3v) is 4.44. The van der Waals surface area contributed by atoms with E-state index < -0.39 is 0 Å². The first-order valence-corrected chi connectivity index (χ1v) is 9.30. The summed E-state index contributed by atoms with van der Waals surface area (Å²) >= 11 is 1.31. The molecule has 1 aromatic carbocycles. The molecule has 136 valence electrons. The number of rotatable bonds is 6. The molecule has 0 saturated heterocycles. The van der Waals surface area contributed by atoms with Crippen LogP contribution in [-0.2, 0) is 4.79 Å². The van der Waals surface area contributed by atoms with E-state index in [-0.39, 0.29) is 18.4 Å². The van der Waals surface area contributed by atoms with E-state index in [4.69, 9.17) is 5.73 Å². The fraction of sp³-hybridized carbons (Fsp3) is 0.333. The van der Waals surface area contributed by atoms with E-state index in [1.54, 1.807) is 18.2 Å². The molecule has 7 nitrogen and oxygen atoms in total. The molecule has 26 heavy (non-hydrogen) atoms. The van der Waals surface area contributed by atoms with Crippen LogP contribution in [0, 0.1) is 11.3 Å². The smallest absolute Gasteiger partial charge is 0.243 e. The van der Waals surface area contributed by atoms with Gasteiger partial charge in [0.05, 0.1) is 6.54 Å². The lowest BCUT2D eigenvalue weighted by Gasteiger charge is -2.20. The van der Waals surface area contributed by atoms with Crippen molar-refractivity contribution in [3.05, 3.63) is 35.4 Å². The highest BCUT2D eigenvalue weighted by atomic mass is 32.2. The Bertz CT molecular complexity index is 846. The zero-order valence-electron chi connectivity index (χ0n) is 15.3. The van der Waals surface area contributed by atoms with Gasteiger partial charge in [0.15, 0.2) is 5.82 Å². The number of nitrogens with two attached hydrogens (primary N) is 1. The van der Waals surface area contributed by atoms with Gasteiger partial charge in [-0.1, -0.05) is 26.0 Å². The molecule has 0 aliphatic rings. The van der Waals surface area contributed by atoms with E-state index in [0.29, 0.717) is 22.3 Å². The Morgan fingerprint density at radius 2 is 2.15 bits per heavy atom. The van der Waals surface area contributed by atoms with Crippen molar-refractivity contribution in [3.63, 3.8) is 0 Å². The van der Waals surface area contributed by atoms with Crippen molar-refractivity contribution in [1.29, 1.82) is 5.26 Å². The fourth-order valence-electron chi connectivity index (χ4n) is 2.43. The molecule has 0 fully saturated rings. The summed E-state index contributed by atoms with van der Waals surface area (Å²) in [5, 5.41) is 12.8. The zero-order chi connectivity index (χ0) is 19.3. The molecule has 0 unspecified atom stereocenters. The zero-order valence-corrected chi connectivity index (χ0v) is 16.1. The number of thioether (sulfide) groups is 1. The molecule has 0 aliphatic heterocycles. The molecule has 0 spiro atoms. The van der Waals surface area contributed by atoms with E-state index in [0.717, 1.165) is 11.3 Å². The first kappa shape index (κ1) is 19.5. The number of aromatic nitrogens is 2. The standard InChI is InChI=1S/C18H22N6OS/c1-11(2)12-6-5-7-13(8-12)21-15(25)10-24(3)16-14(9-19)17(26-4)23-18(20)22-16/h5-8,11H,10H2,1-4H3,(H,21,25)(H2,20,22,23). The molecule has 3 N–H and O–H groups in total. The molecular weight excluding hydrogens is 348 g/mol. The van der Waals surface area contributed by atoms with Crippen LogP contribution in [0.5, 0.6) is 0 Å². The van der Waals surface area contributed by atoms with Gasteiger partial charge >= 0.3 is 0 Å². The summed E-state index contributed by atoms with van der Waals surface area (Å²) in [6.07, 6.45) is 1.81. The average Bonchev–Trinajstić information content (AvgIpc) is 2.60. The number of nitrogens with zero attached hydrogens (tertiary/aromatic N) is 4. The van der Waals surface area contributed by atoms with Crippen LogP contribution in [0.3, 0.4) is 0 Å². The van der Waals surface area contributed by atoms with Crippen LogP contribution in [0.25, 0.3) is 0 Å². The maximum atomic E-state index is 12.4. The van der Waals surface area contributed by atoms with Gasteiger partial charge in [-0.25, -0.2) is 4.98 Å². The molecule has 0 atom stereocenters. The lowest BCUT2D eigenvalue weighted by atomic mass is 10.0. The molecule has 0 radical (unpaired) electrons. The molecule has 1 amide bonds. The van der Waals surface area contributed by atoms with E-state index >= 15 is 0 Å². The Morgan fingerprint density at radius 1 is 1.42 bits per heavy atom. The van der Waals surface area contributed by atoms with Gasteiger partial charge in [0.1, 0.15) is 16.7 Å². The minimum atomic E-state index is -0.208. The average molecular weight is 370 g/mol. The fourth-order valence-corrected chi connectivity index (χ4v) is 2.96. The summed E-state index contributed by atoms with van der Waals surface area (Å²) in [6.45, 7) is 4.23. The van der Waals surface area contributed by atoms with E-state index in [1.165, 1.54) is 11.8 Å². The second-order valence-corrected chi connectivity index (χ2v) is 6.88. The van der Waals surface area contributed by atoms with E-state index in [1.807, 2.05) is 24.3 Å². The van der Waals surface area contributed by atoms with Gasteiger partial charge < -0.3 is 16.0 Å². The molecule has 1 aromatic heterocycles. The number of anilines is 3. The van der Waals surface area contributed by atoms with Gasteiger partial charge in [0.2, 0.25) is 11.9 Å². The van der Waals surface area contributed by atoms with Gasteiger partial charge in [-0.15, -0.1) is 11.8 Å². The number of carbonyl (C=O) groups excluding carboxylic acids is 1. The highest BCUT2D eigenvalue weighted by Gasteiger charge is 2.18. The van der Waals surface area contributed by atoms with Crippen LogP contribution in [0.1, 0.15) is 30.9 Å². The largest absolute Gasteiger partial charge is 0.368 e. The molecule has 0 aliphatic carbocycles. The molecule has 1 heterocycles. The Labute approximate surface area is 157 Å². The third-order valence-electron chi connectivity index (χ3n) is 3.76. The Kier molecular flexibility index (Phi) is 6.41. The van der Waals surface area contributed by atoms with Crippen molar-refractivity contribution in [2.45, 2.75) is 24.8 Å². The van der Waals surface area contributed by atoms with Crippen molar-refractivity contribution in [1.82, 2.24) is 9.97 Å². The summed E-state index contributed by atoms with van der Waals surface area (Å²) in [7, 11) is 1.69. The maximum absolute atomic E-state index is 12.4. The number of likely N-dealkylation sites (N-methyl/N-ethyl adjacent to an activating group) is 1. The maximum Gasteiger partial charge on any atom is 0.243 e. The Balaban J connectivity index is 2.16. The number of nitrogens with one attached hydrogen (secondary N) is 1. The van der Waals surface area contributed by atoms with Crippen molar-refractivity contribution >= 4 is 35.1 Å². The molecule has 0 saturated carbocycles. The number of benzene rings is 1.